The fourth-order valence-corrected chi connectivity index (χ4v) is 3.58. The van der Waals surface area contributed by atoms with E-state index in [-0.39, 0.29) is 11.7 Å². The zero-order chi connectivity index (χ0) is 10.9. The van der Waals surface area contributed by atoms with Crippen LogP contribution in [0.1, 0.15) is 17.5 Å². The Hall–Kier alpha value is -0.540. The second-order valence-electron chi connectivity index (χ2n) is 4.08. The van der Waals surface area contributed by atoms with Crippen molar-refractivity contribution < 1.29 is 8.42 Å². The van der Waals surface area contributed by atoms with Crippen LogP contribution < -0.4 is 0 Å². The molecule has 4 heteroatoms. The van der Waals surface area contributed by atoms with Crippen molar-refractivity contribution in [1.29, 1.82) is 0 Å². The zero-order valence-electron chi connectivity index (χ0n) is 8.32. The highest BCUT2D eigenvalue weighted by Crippen LogP contribution is 2.26. The van der Waals surface area contributed by atoms with Gasteiger partial charge in [0.2, 0.25) is 9.05 Å². The van der Waals surface area contributed by atoms with Crippen molar-refractivity contribution in [3.05, 3.63) is 35.4 Å². The quantitative estimate of drug-likeness (QED) is 0.749. The van der Waals surface area contributed by atoms with Crippen LogP contribution in [0.3, 0.4) is 0 Å². The van der Waals surface area contributed by atoms with Crippen LogP contribution in [0, 0.1) is 5.92 Å². The first-order chi connectivity index (χ1) is 7.04. The minimum atomic E-state index is -3.35. The molecule has 0 saturated carbocycles. The van der Waals surface area contributed by atoms with E-state index in [1.54, 1.807) is 0 Å². The van der Waals surface area contributed by atoms with E-state index < -0.39 is 9.05 Å². The first-order valence-corrected chi connectivity index (χ1v) is 7.51. The fourth-order valence-electron chi connectivity index (χ4n) is 2.20. The molecular formula is C11H13ClO2S. The third kappa shape index (κ3) is 2.95. The molecule has 0 saturated heterocycles. The van der Waals surface area contributed by atoms with Crippen molar-refractivity contribution in [3.8, 4) is 0 Å². The van der Waals surface area contributed by atoms with Gasteiger partial charge in [-0.3, -0.25) is 0 Å². The SMILES string of the molecule is O=S(=O)(Cl)CC1CCc2ccccc2C1. The van der Waals surface area contributed by atoms with Gasteiger partial charge in [-0.05, 0) is 36.3 Å². The molecular weight excluding hydrogens is 232 g/mol. The average molecular weight is 245 g/mol. The van der Waals surface area contributed by atoms with E-state index in [4.69, 9.17) is 10.7 Å². The molecule has 0 radical (unpaired) electrons. The van der Waals surface area contributed by atoms with Gasteiger partial charge < -0.3 is 0 Å². The third-order valence-electron chi connectivity index (χ3n) is 2.88. The van der Waals surface area contributed by atoms with E-state index in [1.165, 1.54) is 11.1 Å². The molecule has 1 aromatic rings. The molecule has 0 N–H and O–H groups in total. The lowest BCUT2D eigenvalue weighted by molar-refractivity contribution is 0.495. The van der Waals surface area contributed by atoms with Crippen LogP contribution in [0.2, 0.25) is 0 Å². The summed E-state index contributed by atoms with van der Waals surface area (Å²) < 4.78 is 22.0. The summed E-state index contributed by atoms with van der Waals surface area (Å²) in [5.74, 6) is 0.283. The lowest BCUT2D eigenvalue weighted by Crippen LogP contribution is -2.20. The summed E-state index contributed by atoms with van der Waals surface area (Å²) in [7, 11) is 1.91. The van der Waals surface area contributed by atoms with Gasteiger partial charge in [-0.2, -0.15) is 0 Å². The molecule has 2 nitrogen and oxygen atoms in total. The Morgan fingerprint density at radius 1 is 1.27 bits per heavy atom. The summed E-state index contributed by atoms with van der Waals surface area (Å²) in [6.07, 6.45) is 2.72. The summed E-state index contributed by atoms with van der Waals surface area (Å²) in [6, 6.07) is 8.21. The van der Waals surface area contributed by atoms with Crippen LogP contribution in [-0.2, 0) is 21.9 Å². The minimum absolute atomic E-state index is 0.100. The van der Waals surface area contributed by atoms with Gasteiger partial charge in [0, 0.05) is 10.7 Å². The normalized spacial score (nSPS) is 21.0. The van der Waals surface area contributed by atoms with Gasteiger partial charge in [0.1, 0.15) is 0 Å². The van der Waals surface area contributed by atoms with Gasteiger partial charge in [0.15, 0.2) is 0 Å². The highest BCUT2D eigenvalue weighted by molar-refractivity contribution is 8.13. The van der Waals surface area contributed by atoms with Gasteiger partial charge in [-0.25, -0.2) is 8.42 Å². The van der Waals surface area contributed by atoms with Crippen LogP contribution in [0.4, 0.5) is 0 Å². The topological polar surface area (TPSA) is 34.1 Å². The van der Waals surface area contributed by atoms with Gasteiger partial charge in [0.05, 0.1) is 5.75 Å². The van der Waals surface area contributed by atoms with Crippen LogP contribution >= 0.6 is 10.7 Å². The molecule has 0 aromatic heterocycles. The molecule has 1 unspecified atom stereocenters. The van der Waals surface area contributed by atoms with Crippen molar-refractivity contribution in [2.24, 2.45) is 5.92 Å². The first kappa shape index (κ1) is 11.0. The minimum Gasteiger partial charge on any atom is -0.212 e. The number of fused-ring (bicyclic) bond motifs is 1. The maximum absolute atomic E-state index is 11.0. The van der Waals surface area contributed by atoms with E-state index >= 15 is 0 Å². The molecule has 0 fully saturated rings. The molecule has 1 aliphatic carbocycles. The lowest BCUT2D eigenvalue weighted by Gasteiger charge is -2.23. The van der Waals surface area contributed by atoms with Crippen LogP contribution in [0.15, 0.2) is 24.3 Å². The van der Waals surface area contributed by atoms with E-state index in [1.807, 2.05) is 12.1 Å². The van der Waals surface area contributed by atoms with E-state index in [9.17, 15) is 8.42 Å². The van der Waals surface area contributed by atoms with Crippen molar-refractivity contribution in [1.82, 2.24) is 0 Å². The zero-order valence-corrected chi connectivity index (χ0v) is 9.89. The van der Waals surface area contributed by atoms with Gasteiger partial charge in [-0.1, -0.05) is 24.3 Å². The number of hydrogen-bond acceptors (Lipinski definition) is 2. The summed E-state index contributed by atoms with van der Waals surface area (Å²) in [4.78, 5) is 0. The largest absolute Gasteiger partial charge is 0.232 e. The van der Waals surface area contributed by atoms with Gasteiger partial charge in [0.25, 0.3) is 0 Å². The Kier molecular flexibility index (Phi) is 3.03. The highest BCUT2D eigenvalue weighted by Gasteiger charge is 2.22. The Bertz CT molecular complexity index is 453. The molecule has 1 atom stereocenters. The molecule has 0 heterocycles. The average Bonchev–Trinajstić information content (AvgIpc) is 2.15. The van der Waals surface area contributed by atoms with Crippen LogP contribution in [-0.4, -0.2) is 14.2 Å². The highest BCUT2D eigenvalue weighted by atomic mass is 35.7. The molecule has 0 bridgehead atoms. The number of halogens is 1. The molecule has 0 spiro atoms. The van der Waals surface area contributed by atoms with Crippen LogP contribution in [0.25, 0.3) is 0 Å². The van der Waals surface area contributed by atoms with Gasteiger partial charge in [-0.15, -0.1) is 0 Å². The lowest BCUT2D eigenvalue weighted by atomic mass is 9.85. The van der Waals surface area contributed by atoms with Crippen LogP contribution in [0.5, 0.6) is 0 Å². The fraction of sp³-hybridized carbons (Fsp3) is 0.455. The summed E-state index contributed by atoms with van der Waals surface area (Å²) >= 11 is 0. The molecule has 2 rings (SSSR count). The molecule has 0 amide bonds. The smallest absolute Gasteiger partial charge is 0.212 e. The summed E-state index contributed by atoms with van der Waals surface area (Å²) in [5.41, 5.74) is 2.62. The maximum Gasteiger partial charge on any atom is 0.232 e. The standard InChI is InChI=1S/C11H13ClO2S/c12-15(13,14)8-9-5-6-10-3-1-2-4-11(10)7-9/h1-4,9H,5-8H2. The van der Waals surface area contributed by atoms with E-state index in [0.29, 0.717) is 0 Å². The molecule has 0 aliphatic heterocycles. The van der Waals surface area contributed by atoms with Crippen molar-refractivity contribution in [2.45, 2.75) is 19.3 Å². The first-order valence-electron chi connectivity index (χ1n) is 5.04. The summed E-state index contributed by atoms with van der Waals surface area (Å²) in [5, 5.41) is 0. The molecule has 15 heavy (non-hydrogen) atoms. The number of aryl methyl sites for hydroxylation is 1. The Balaban J connectivity index is 2.12. The predicted molar refractivity (Wildman–Crippen MR) is 61.6 cm³/mol. The van der Waals surface area contributed by atoms with Crippen molar-refractivity contribution in [3.63, 3.8) is 0 Å². The number of benzene rings is 1. The Labute approximate surface area is 94.7 Å². The number of hydrogen-bond donors (Lipinski definition) is 0. The molecule has 1 aliphatic rings. The maximum atomic E-state index is 11.0. The van der Waals surface area contributed by atoms with Crippen molar-refractivity contribution >= 4 is 19.7 Å². The Morgan fingerprint density at radius 2 is 1.93 bits per heavy atom. The summed E-state index contributed by atoms with van der Waals surface area (Å²) in [6.45, 7) is 0. The van der Waals surface area contributed by atoms with E-state index in [0.717, 1.165) is 19.3 Å². The third-order valence-corrected chi connectivity index (χ3v) is 4.13. The second-order valence-corrected chi connectivity index (χ2v) is 6.90. The monoisotopic (exact) mass is 244 g/mol. The predicted octanol–water partition coefficient (Wildman–Crippen LogP) is 2.36. The van der Waals surface area contributed by atoms with E-state index in [2.05, 4.69) is 12.1 Å². The van der Waals surface area contributed by atoms with Crippen molar-refractivity contribution in [2.75, 3.05) is 5.75 Å². The van der Waals surface area contributed by atoms with Gasteiger partial charge >= 0.3 is 0 Å². The number of rotatable bonds is 2. The molecule has 1 aromatic carbocycles. The molecule has 82 valence electrons. The second kappa shape index (κ2) is 4.14. The Morgan fingerprint density at radius 3 is 2.60 bits per heavy atom.